The van der Waals surface area contributed by atoms with Crippen molar-refractivity contribution in [3.8, 4) is 0 Å². The first kappa shape index (κ1) is 30.4. The number of aromatic amines is 1. The Hall–Kier alpha value is -4.12. The van der Waals surface area contributed by atoms with Gasteiger partial charge in [0.05, 0.1) is 24.7 Å². The molecule has 214 valence electrons. The highest BCUT2D eigenvalue weighted by Gasteiger charge is 2.22. The van der Waals surface area contributed by atoms with Crippen LogP contribution in [-0.2, 0) is 27.3 Å². The second kappa shape index (κ2) is 13.8. The van der Waals surface area contributed by atoms with Crippen molar-refractivity contribution >= 4 is 46.2 Å². The number of aromatic nitrogens is 3. The van der Waals surface area contributed by atoms with E-state index in [1.807, 2.05) is 18.2 Å². The topological polar surface area (TPSA) is 138 Å². The average molecular weight is 571 g/mol. The van der Waals surface area contributed by atoms with E-state index >= 15 is 0 Å². The van der Waals surface area contributed by atoms with Gasteiger partial charge in [-0.25, -0.2) is 9.78 Å². The van der Waals surface area contributed by atoms with Crippen molar-refractivity contribution < 1.29 is 19.1 Å². The number of carbonyl (C=O) groups excluding carboxylic acids is 3. The molecule has 11 nitrogen and oxygen atoms in total. The minimum atomic E-state index is -1.02. The van der Waals surface area contributed by atoms with E-state index in [1.54, 1.807) is 20.2 Å². The highest BCUT2D eigenvalue weighted by atomic mass is 35.5. The highest BCUT2D eigenvalue weighted by molar-refractivity contribution is 6.29. The number of methoxy groups -OCH3 is 1. The van der Waals surface area contributed by atoms with Crippen LogP contribution in [0.1, 0.15) is 38.1 Å². The first-order valence-corrected chi connectivity index (χ1v) is 13.3. The van der Waals surface area contributed by atoms with Gasteiger partial charge in [-0.3, -0.25) is 19.0 Å². The Bertz CT molecular complexity index is 1460. The summed E-state index contributed by atoms with van der Waals surface area (Å²) < 4.78 is 5.93. The lowest BCUT2D eigenvalue weighted by Crippen LogP contribution is -2.44. The molecule has 0 saturated carbocycles. The Labute approximate surface area is 237 Å². The van der Waals surface area contributed by atoms with Crippen molar-refractivity contribution in [2.24, 2.45) is 5.92 Å². The summed E-state index contributed by atoms with van der Waals surface area (Å²) in [6.07, 6.45) is 3.54. The van der Waals surface area contributed by atoms with Crippen molar-refractivity contribution in [2.75, 3.05) is 26.5 Å². The van der Waals surface area contributed by atoms with Crippen LogP contribution in [-0.4, -0.2) is 64.6 Å². The quantitative estimate of drug-likeness (QED) is 0.237. The normalized spacial score (nSPS) is 12.1. The molecule has 2 heterocycles. The van der Waals surface area contributed by atoms with Gasteiger partial charge in [0.15, 0.2) is 0 Å². The monoisotopic (exact) mass is 570 g/mol. The standard InChI is InChI=1S/C28H35ClN6O5/c1-17(2)15-18-9-8-11-19-25(18)33-23(30-19)16-35-22(29)14-13-21(27(35)38)31-26(37)20(32-28(39)40-5)10-6-7-12-24(36)34(3)4/h7-9,11-14,17,20H,6,10,15-16H2,1-5H3,(H,30,33)(H,31,37)(H,32,39)/b12-7+. The van der Waals surface area contributed by atoms with Crippen LogP contribution in [0, 0.1) is 5.92 Å². The predicted molar refractivity (Wildman–Crippen MR) is 154 cm³/mol. The zero-order chi connectivity index (χ0) is 29.4. The number of nitrogens with zero attached hydrogens (tertiary/aromatic N) is 3. The molecule has 3 aromatic rings. The third kappa shape index (κ3) is 7.95. The Balaban J connectivity index is 1.80. The fraction of sp³-hybridized carbons (Fsp3) is 0.393. The maximum atomic E-state index is 13.3. The van der Waals surface area contributed by atoms with Gasteiger partial charge in [-0.05, 0) is 55.0 Å². The van der Waals surface area contributed by atoms with Crippen molar-refractivity contribution in [1.82, 2.24) is 24.8 Å². The highest BCUT2D eigenvalue weighted by Crippen LogP contribution is 2.21. The van der Waals surface area contributed by atoms with Crippen LogP contribution in [0.2, 0.25) is 5.15 Å². The number of fused-ring (bicyclic) bond motifs is 1. The van der Waals surface area contributed by atoms with Gasteiger partial charge in [0.25, 0.3) is 5.56 Å². The van der Waals surface area contributed by atoms with Gasteiger partial charge in [-0.1, -0.05) is 43.7 Å². The van der Waals surface area contributed by atoms with E-state index in [9.17, 15) is 19.2 Å². The van der Waals surface area contributed by atoms with E-state index in [1.165, 1.54) is 34.8 Å². The Morgan fingerprint density at radius 3 is 2.62 bits per heavy atom. The Morgan fingerprint density at radius 2 is 1.95 bits per heavy atom. The third-order valence-corrected chi connectivity index (χ3v) is 6.41. The third-order valence-electron chi connectivity index (χ3n) is 6.08. The molecule has 0 aliphatic rings. The number of pyridine rings is 1. The molecule has 12 heteroatoms. The van der Waals surface area contributed by atoms with Crippen LogP contribution in [0.15, 0.2) is 47.3 Å². The van der Waals surface area contributed by atoms with Gasteiger partial charge >= 0.3 is 6.09 Å². The fourth-order valence-corrected chi connectivity index (χ4v) is 4.26. The van der Waals surface area contributed by atoms with Gasteiger partial charge in [-0.15, -0.1) is 0 Å². The maximum absolute atomic E-state index is 13.3. The van der Waals surface area contributed by atoms with E-state index in [0.717, 1.165) is 23.0 Å². The van der Waals surface area contributed by atoms with Gasteiger partial charge in [0, 0.05) is 14.1 Å². The lowest BCUT2D eigenvalue weighted by atomic mass is 10.0. The molecule has 0 radical (unpaired) electrons. The Kier molecular flexibility index (Phi) is 10.5. The largest absolute Gasteiger partial charge is 0.453 e. The van der Waals surface area contributed by atoms with Crippen LogP contribution < -0.4 is 16.2 Å². The van der Waals surface area contributed by atoms with Gasteiger partial charge < -0.3 is 25.3 Å². The van der Waals surface area contributed by atoms with E-state index in [-0.39, 0.29) is 29.7 Å². The average Bonchev–Trinajstić information content (AvgIpc) is 3.33. The molecule has 0 saturated heterocycles. The van der Waals surface area contributed by atoms with Gasteiger partial charge in [0.2, 0.25) is 11.8 Å². The number of amides is 3. The zero-order valence-corrected chi connectivity index (χ0v) is 24.0. The summed E-state index contributed by atoms with van der Waals surface area (Å²) in [6.45, 7) is 4.34. The first-order chi connectivity index (χ1) is 19.0. The fourth-order valence-electron chi connectivity index (χ4n) is 4.06. The molecular weight excluding hydrogens is 536 g/mol. The lowest BCUT2D eigenvalue weighted by Gasteiger charge is -2.17. The number of hydrogen-bond donors (Lipinski definition) is 3. The number of anilines is 1. The summed E-state index contributed by atoms with van der Waals surface area (Å²) in [5.74, 6) is 0.176. The molecule has 1 unspecified atom stereocenters. The second-order valence-electron chi connectivity index (χ2n) is 9.95. The first-order valence-electron chi connectivity index (χ1n) is 12.9. The minimum Gasteiger partial charge on any atom is -0.453 e. The molecule has 1 atom stereocenters. The number of para-hydroxylation sites is 1. The molecule has 1 aromatic carbocycles. The van der Waals surface area contributed by atoms with Crippen LogP contribution >= 0.6 is 11.6 Å². The second-order valence-corrected chi connectivity index (χ2v) is 10.3. The Morgan fingerprint density at radius 1 is 1.20 bits per heavy atom. The predicted octanol–water partition coefficient (Wildman–Crippen LogP) is 3.71. The molecule has 0 fully saturated rings. The number of halogens is 1. The van der Waals surface area contributed by atoms with Crippen molar-refractivity contribution in [2.45, 2.75) is 45.7 Å². The van der Waals surface area contributed by atoms with Crippen molar-refractivity contribution in [3.05, 3.63) is 69.4 Å². The molecule has 3 amide bonds. The molecule has 0 aliphatic carbocycles. The van der Waals surface area contributed by atoms with Crippen LogP contribution in [0.4, 0.5) is 10.5 Å². The number of alkyl carbamates (subject to hydrolysis) is 1. The van der Waals surface area contributed by atoms with E-state index in [2.05, 4.69) is 34.2 Å². The molecule has 0 spiro atoms. The number of ether oxygens (including phenoxy) is 1. The number of benzene rings is 1. The number of likely N-dealkylation sites (N-methyl/N-ethyl adjacent to an activating group) is 1. The smallest absolute Gasteiger partial charge is 0.407 e. The summed E-state index contributed by atoms with van der Waals surface area (Å²) in [5, 5.41) is 5.22. The molecule has 2 aromatic heterocycles. The number of H-pyrrole nitrogens is 1. The number of nitrogens with one attached hydrogen (secondary N) is 3. The van der Waals surface area contributed by atoms with Crippen LogP contribution in [0.25, 0.3) is 11.0 Å². The molecule has 0 bridgehead atoms. The summed E-state index contributed by atoms with van der Waals surface area (Å²) in [5.41, 5.74) is 2.27. The lowest BCUT2D eigenvalue weighted by molar-refractivity contribution is -0.123. The van der Waals surface area contributed by atoms with E-state index in [4.69, 9.17) is 16.6 Å². The van der Waals surface area contributed by atoms with Crippen molar-refractivity contribution in [3.63, 3.8) is 0 Å². The van der Waals surface area contributed by atoms with E-state index in [0.29, 0.717) is 18.2 Å². The van der Waals surface area contributed by atoms with Gasteiger partial charge in [0.1, 0.15) is 22.7 Å². The summed E-state index contributed by atoms with van der Waals surface area (Å²) in [7, 11) is 4.43. The number of imidazole rings is 1. The molecular formula is C28H35ClN6O5. The van der Waals surface area contributed by atoms with Crippen LogP contribution in [0.3, 0.4) is 0 Å². The summed E-state index contributed by atoms with van der Waals surface area (Å²) in [4.78, 5) is 59.3. The number of allylic oxidation sites excluding steroid dienone is 1. The molecule has 3 rings (SSSR count). The molecule has 40 heavy (non-hydrogen) atoms. The maximum Gasteiger partial charge on any atom is 0.407 e. The number of hydrogen-bond acceptors (Lipinski definition) is 6. The number of rotatable bonds is 11. The van der Waals surface area contributed by atoms with Gasteiger partial charge in [-0.2, -0.15) is 0 Å². The molecule has 0 aliphatic heterocycles. The van der Waals surface area contributed by atoms with E-state index < -0.39 is 23.6 Å². The summed E-state index contributed by atoms with van der Waals surface area (Å²) in [6, 6.07) is 7.82. The minimum absolute atomic E-state index is 0.0130. The zero-order valence-electron chi connectivity index (χ0n) is 23.3. The van der Waals surface area contributed by atoms with Crippen molar-refractivity contribution in [1.29, 1.82) is 0 Å². The molecule has 3 N–H and O–H groups in total. The number of carbonyl (C=O) groups is 3. The SMILES string of the molecule is COC(=O)NC(CC/C=C/C(=O)N(C)C)C(=O)Nc1ccc(Cl)n(Cc2nc3c(CC(C)C)cccc3[nH]2)c1=O. The van der Waals surface area contributed by atoms with Crippen LogP contribution in [0.5, 0.6) is 0 Å². The summed E-state index contributed by atoms with van der Waals surface area (Å²) >= 11 is 6.37.